The molecule has 0 fully saturated rings. The predicted octanol–water partition coefficient (Wildman–Crippen LogP) is 2.43. The van der Waals surface area contributed by atoms with E-state index in [0.29, 0.717) is 12.1 Å². The Hall–Kier alpha value is -2.27. The summed E-state index contributed by atoms with van der Waals surface area (Å²) in [5, 5.41) is 14.8. The fourth-order valence-corrected chi connectivity index (χ4v) is 2.47. The molecule has 0 amide bonds. The number of nitrogens with zero attached hydrogens (tertiary/aromatic N) is 4. The predicted molar refractivity (Wildman–Crippen MR) is 80.8 cm³/mol. The van der Waals surface area contributed by atoms with Crippen molar-refractivity contribution in [3.05, 3.63) is 53.6 Å². The molecule has 0 aliphatic rings. The van der Waals surface area contributed by atoms with Crippen LogP contribution in [0, 0.1) is 6.92 Å². The molecule has 0 saturated heterocycles. The van der Waals surface area contributed by atoms with Crippen LogP contribution in [0.5, 0.6) is 0 Å². The van der Waals surface area contributed by atoms with Crippen molar-refractivity contribution in [1.29, 1.82) is 0 Å². The Morgan fingerprint density at radius 1 is 1.24 bits per heavy atom. The summed E-state index contributed by atoms with van der Waals surface area (Å²) in [6.07, 6.45) is 1.46. The van der Waals surface area contributed by atoms with Crippen molar-refractivity contribution in [2.75, 3.05) is 0 Å². The molecular weight excluding hydrogens is 264 g/mol. The van der Waals surface area contributed by atoms with Crippen molar-refractivity contribution in [1.82, 2.24) is 19.7 Å². The highest BCUT2D eigenvalue weighted by atomic mass is 16.3. The van der Waals surface area contributed by atoms with Crippen LogP contribution in [0.2, 0.25) is 0 Å². The Balaban J connectivity index is 1.87. The second kappa shape index (κ2) is 5.61. The molecule has 2 aromatic heterocycles. The highest BCUT2D eigenvalue weighted by Crippen LogP contribution is 2.19. The highest BCUT2D eigenvalue weighted by molar-refractivity contribution is 5.73. The van der Waals surface area contributed by atoms with Crippen molar-refractivity contribution in [3.63, 3.8) is 0 Å². The normalized spacial score (nSPS) is 12.7. The largest absolute Gasteiger partial charge is 0.386 e. The zero-order chi connectivity index (χ0) is 14.8. The molecule has 1 atom stereocenters. The molecule has 5 heteroatoms. The standard InChI is InChI=1S/C16H18N4O/c1-3-20-12(8-11(2)19-20)9-16(21)15-10-17-13-6-4-5-7-14(13)18-15/h4-8,10,16,21H,3,9H2,1-2H3. The molecule has 3 aromatic rings. The van der Waals surface area contributed by atoms with Gasteiger partial charge in [0.05, 0.1) is 28.6 Å². The lowest BCUT2D eigenvalue weighted by molar-refractivity contribution is 0.170. The summed E-state index contributed by atoms with van der Waals surface area (Å²) >= 11 is 0. The molecular formula is C16H18N4O. The number of para-hydroxylation sites is 2. The average Bonchev–Trinajstić information content (AvgIpc) is 2.86. The molecule has 5 nitrogen and oxygen atoms in total. The van der Waals surface area contributed by atoms with Crippen LogP contribution >= 0.6 is 0 Å². The second-order valence-electron chi connectivity index (χ2n) is 5.10. The summed E-state index contributed by atoms with van der Waals surface area (Å²) in [7, 11) is 0. The fourth-order valence-electron chi connectivity index (χ4n) is 2.47. The molecule has 0 spiro atoms. The van der Waals surface area contributed by atoms with Crippen molar-refractivity contribution in [3.8, 4) is 0 Å². The van der Waals surface area contributed by atoms with E-state index in [1.165, 1.54) is 0 Å². The minimum Gasteiger partial charge on any atom is -0.386 e. The lowest BCUT2D eigenvalue weighted by atomic mass is 10.1. The van der Waals surface area contributed by atoms with E-state index in [1.54, 1.807) is 6.20 Å². The van der Waals surface area contributed by atoms with Gasteiger partial charge in [0.1, 0.15) is 6.10 Å². The van der Waals surface area contributed by atoms with Crippen LogP contribution in [0.15, 0.2) is 36.5 Å². The van der Waals surface area contributed by atoms with Gasteiger partial charge in [-0.05, 0) is 32.0 Å². The topological polar surface area (TPSA) is 63.8 Å². The average molecular weight is 282 g/mol. The summed E-state index contributed by atoms with van der Waals surface area (Å²) < 4.78 is 1.91. The van der Waals surface area contributed by atoms with E-state index in [0.717, 1.165) is 29.0 Å². The molecule has 3 rings (SSSR count). The Kier molecular flexibility index (Phi) is 3.66. The molecule has 0 saturated carbocycles. The molecule has 1 unspecified atom stereocenters. The highest BCUT2D eigenvalue weighted by Gasteiger charge is 2.15. The molecule has 21 heavy (non-hydrogen) atoms. The molecule has 1 aromatic carbocycles. The zero-order valence-electron chi connectivity index (χ0n) is 12.2. The van der Waals surface area contributed by atoms with E-state index in [4.69, 9.17) is 0 Å². The molecule has 1 N–H and O–H groups in total. The SMILES string of the molecule is CCn1nc(C)cc1CC(O)c1cnc2ccccc2n1. The van der Waals surface area contributed by atoms with E-state index in [-0.39, 0.29) is 0 Å². The van der Waals surface area contributed by atoms with E-state index in [1.807, 2.05) is 48.9 Å². The van der Waals surface area contributed by atoms with Crippen molar-refractivity contribution < 1.29 is 5.11 Å². The third kappa shape index (κ3) is 2.78. The van der Waals surface area contributed by atoms with Gasteiger partial charge in [0, 0.05) is 18.7 Å². The van der Waals surface area contributed by atoms with Gasteiger partial charge in [-0.25, -0.2) is 4.98 Å². The number of aliphatic hydroxyl groups excluding tert-OH is 1. The second-order valence-corrected chi connectivity index (χ2v) is 5.10. The van der Waals surface area contributed by atoms with Gasteiger partial charge in [0.15, 0.2) is 0 Å². The quantitative estimate of drug-likeness (QED) is 0.798. The van der Waals surface area contributed by atoms with Gasteiger partial charge in [-0.3, -0.25) is 9.67 Å². The minimum absolute atomic E-state index is 0.488. The summed E-state index contributed by atoms with van der Waals surface area (Å²) in [6.45, 7) is 4.79. The summed E-state index contributed by atoms with van der Waals surface area (Å²) in [5.41, 5.74) is 4.20. The van der Waals surface area contributed by atoms with Crippen molar-refractivity contribution in [2.45, 2.75) is 32.9 Å². The molecule has 2 heterocycles. The maximum Gasteiger partial charge on any atom is 0.103 e. The van der Waals surface area contributed by atoms with Crippen LogP contribution < -0.4 is 0 Å². The van der Waals surface area contributed by atoms with E-state index in [9.17, 15) is 5.11 Å². The van der Waals surface area contributed by atoms with Crippen LogP contribution in [-0.2, 0) is 13.0 Å². The van der Waals surface area contributed by atoms with E-state index in [2.05, 4.69) is 15.1 Å². The Morgan fingerprint density at radius 3 is 2.76 bits per heavy atom. The summed E-state index contributed by atoms with van der Waals surface area (Å²) in [5.74, 6) is 0. The first kappa shape index (κ1) is 13.7. The van der Waals surface area contributed by atoms with Crippen LogP contribution in [0.25, 0.3) is 11.0 Å². The number of aliphatic hydroxyl groups is 1. The summed E-state index contributed by atoms with van der Waals surface area (Å²) in [4.78, 5) is 8.84. The number of aromatic nitrogens is 4. The fraction of sp³-hybridized carbons (Fsp3) is 0.312. The molecule has 108 valence electrons. The first-order valence-corrected chi connectivity index (χ1v) is 7.10. The van der Waals surface area contributed by atoms with Crippen LogP contribution in [0.3, 0.4) is 0 Å². The monoisotopic (exact) mass is 282 g/mol. The number of aryl methyl sites for hydroxylation is 2. The van der Waals surface area contributed by atoms with Crippen LogP contribution in [0.4, 0.5) is 0 Å². The first-order chi connectivity index (χ1) is 10.2. The first-order valence-electron chi connectivity index (χ1n) is 7.10. The lowest BCUT2D eigenvalue weighted by Crippen LogP contribution is -2.10. The Bertz CT molecular complexity index is 766. The zero-order valence-corrected chi connectivity index (χ0v) is 12.2. The number of rotatable bonds is 4. The summed E-state index contributed by atoms with van der Waals surface area (Å²) in [6, 6.07) is 9.66. The molecule has 0 aliphatic heterocycles. The minimum atomic E-state index is -0.677. The van der Waals surface area contributed by atoms with Gasteiger partial charge >= 0.3 is 0 Å². The van der Waals surface area contributed by atoms with Crippen LogP contribution in [0.1, 0.15) is 30.1 Å². The van der Waals surface area contributed by atoms with Gasteiger partial charge < -0.3 is 5.11 Å². The maximum atomic E-state index is 10.4. The molecule has 0 aliphatic carbocycles. The third-order valence-corrected chi connectivity index (χ3v) is 3.50. The number of hydrogen-bond acceptors (Lipinski definition) is 4. The number of benzene rings is 1. The lowest BCUT2D eigenvalue weighted by Gasteiger charge is -2.11. The molecule has 0 radical (unpaired) electrons. The van der Waals surface area contributed by atoms with Gasteiger partial charge in [0.25, 0.3) is 0 Å². The van der Waals surface area contributed by atoms with Gasteiger partial charge in [-0.15, -0.1) is 0 Å². The number of hydrogen-bond donors (Lipinski definition) is 1. The molecule has 0 bridgehead atoms. The van der Waals surface area contributed by atoms with Crippen molar-refractivity contribution >= 4 is 11.0 Å². The number of fused-ring (bicyclic) bond motifs is 1. The Labute approximate surface area is 123 Å². The van der Waals surface area contributed by atoms with Crippen LogP contribution in [-0.4, -0.2) is 24.9 Å². The van der Waals surface area contributed by atoms with Crippen molar-refractivity contribution in [2.24, 2.45) is 0 Å². The smallest absolute Gasteiger partial charge is 0.103 e. The third-order valence-electron chi connectivity index (χ3n) is 3.50. The Morgan fingerprint density at radius 2 is 2.00 bits per heavy atom. The van der Waals surface area contributed by atoms with E-state index >= 15 is 0 Å². The van der Waals surface area contributed by atoms with Gasteiger partial charge in [-0.2, -0.15) is 5.10 Å². The van der Waals surface area contributed by atoms with Gasteiger partial charge in [-0.1, -0.05) is 12.1 Å². The maximum absolute atomic E-state index is 10.4. The van der Waals surface area contributed by atoms with Gasteiger partial charge in [0.2, 0.25) is 0 Å². The van der Waals surface area contributed by atoms with E-state index < -0.39 is 6.10 Å².